The summed E-state index contributed by atoms with van der Waals surface area (Å²) >= 11 is 3.40. The number of carbonyl (C=O) groups is 1. The lowest BCUT2D eigenvalue weighted by Crippen LogP contribution is -2.28. The van der Waals surface area contributed by atoms with Gasteiger partial charge in [0.15, 0.2) is 0 Å². The van der Waals surface area contributed by atoms with Crippen molar-refractivity contribution < 1.29 is 4.79 Å². The highest BCUT2D eigenvalue weighted by Crippen LogP contribution is 2.12. The second kappa shape index (κ2) is 6.48. The largest absolute Gasteiger partial charge is 0.340 e. The smallest absolute Gasteiger partial charge is 0.246 e. The number of carbonyl (C=O) groups excluding carboxylic acids is 1. The lowest BCUT2D eigenvalue weighted by molar-refractivity contribution is -0.125. The molecule has 1 aromatic rings. The molecule has 0 N–H and O–H groups in total. The van der Waals surface area contributed by atoms with Gasteiger partial charge in [0.1, 0.15) is 0 Å². The van der Waals surface area contributed by atoms with Crippen molar-refractivity contribution >= 4 is 27.9 Å². The van der Waals surface area contributed by atoms with Gasteiger partial charge in [0.05, 0.1) is 0 Å². The van der Waals surface area contributed by atoms with Crippen molar-refractivity contribution in [2.75, 3.05) is 13.1 Å². The number of likely N-dealkylation sites (N-methyl/N-ethyl adjacent to an activating group) is 1. The molecule has 0 heterocycles. The molecule has 16 heavy (non-hydrogen) atoms. The summed E-state index contributed by atoms with van der Waals surface area (Å²) < 4.78 is 1.02. The number of benzene rings is 1. The maximum absolute atomic E-state index is 11.7. The zero-order valence-corrected chi connectivity index (χ0v) is 11.2. The molecule has 0 aliphatic carbocycles. The van der Waals surface area contributed by atoms with Gasteiger partial charge >= 0.3 is 0 Å². The van der Waals surface area contributed by atoms with Crippen molar-refractivity contribution in [2.45, 2.75) is 13.8 Å². The molecule has 0 saturated carbocycles. The van der Waals surface area contributed by atoms with Crippen molar-refractivity contribution in [3.05, 3.63) is 40.4 Å². The van der Waals surface area contributed by atoms with Gasteiger partial charge in [-0.15, -0.1) is 0 Å². The highest BCUT2D eigenvalue weighted by atomic mass is 79.9. The number of nitrogens with zero attached hydrogens (tertiary/aromatic N) is 1. The van der Waals surface area contributed by atoms with E-state index in [9.17, 15) is 4.79 Å². The Morgan fingerprint density at radius 1 is 1.38 bits per heavy atom. The molecule has 0 fully saturated rings. The van der Waals surface area contributed by atoms with E-state index in [2.05, 4.69) is 15.9 Å². The minimum atomic E-state index is 0.0602. The van der Waals surface area contributed by atoms with E-state index in [0.717, 1.165) is 23.1 Å². The maximum atomic E-state index is 11.7. The van der Waals surface area contributed by atoms with Gasteiger partial charge in [-0.3, -0.25) is 4.79 Å². The van der Waals surface area contributed by atoms with Crippen LogP contribution in [0.15, 0.2) is 34.8 Å². The first-order chi connectivity index (χ1) is 7.67. The lowest BCUT2D eigenvalue weighted by Gasteiger charge is -2.15. The van der Waals surface area contributed by atoms with E-state index in [0.29, 0.717) is 0 Å². The van der Waals surface area contributed by atoms with Crippen LogP contribution in [-0.4, -0.2) is 23.9 Å². The fourth-order valence-electron chi connectivity index (χ4n) is 1.42. The van der Waals surface area contributed by atoms with E-state index in [-0.39, 0.29) is 5.91 Å². The molecule has 0 aliphatic rings. The second-order valence-electron chi connectivity index (χ2n) is 3.40. The first-order valence-electron chi connectivity index (χ1n) is 5.40. The minimum absolute atomic E-state index is 0.0602. The third-order valence-corrected chi connectivity index (χ3v) is 2.84. The van der Waals surface area contributed by atoms with E-state index < -0.39 is 0 Å². The molecule has 3 heteroatoms. The maximum Gasteiger partial charge on any atom is 0.246 e. The van der Waals surface area contributed by atoms with Crippen LogP contribution in [0.2, 0.25) is 0 Å². The highest BCUT2D eigenvalue weighted by Gasteiger charge is 2.04. The Morgan fingerprint density at radius 3 is 2.62 bits per heavy atom. The molecule has 0 unspecified atom stereocenters. The second-order valence-corrected chi connectivity index (χ2v) is 4.31. The summed E-state index contributed by atoms with van der Waals surface area (Å²) in [5, 5.41) is 0. The topological polar surface area (TPSA) is 20.3 Å². The number of hydrogen-bond acceptors (Lipinski definition) is 1. The van der Waals surface area contributed by atoms with Crippen molar-refractivity contribution in [2.24, 2.45) is 0 Å². The van der Waals surface area contributed by atoms with Crippen LogP contribution in [-0.2, 0) is 4.79 Å². The van der Waals surface area contributed by atoms with E-state index in [1.165, 1.54) is 0 Å². The third kappa shape index (κ3) is 3.81. The Bertz CT molecular complexity index is 383. The fraction of sp³-hybridized carbons (Fsp3) is 0.308. The minimum Gasteiger partial charge on any atom is -0.340 e. The predicted octanol–water partition coefficient (Wildman–Crippen LogP) is 3.33. The summed E-state index contributed by atoms with van der Waals surface area (Å²) in [6.45, 7) is 5.46. The van der Waals surface area contributed by atoms with Gasteiger partial charge in [-0.25, -0.2) is 0 Å². The van der Waals surface area contributed by atoms with Crippen LogP contribution < -0.4 is 0 Å². The molecule has 86 valence electrons. The van der Waals surface area contributed by atoms with Crippen LogP contribution in [0.3, 0.4) is 0 Å². The van der Waals surface area contributed by atoms with Crippen molar-refractivity contribution in [3.8, 4) is 0 Å². The molecule has 0 saturated heterocycles. The van der Waals surface area contributed by atoms with Crippen molar-refractivity contribution in [1.29, 1.82) is 0 Å². The zero-order valence-electron chi connectivity index (χ0n) is 9.61. The fourth-order valence-corrected chi connectivity index (χ4v) is 1.84. The summed E-state index contributed by atoms with van der Waals surface area (Å²) in [7, 11) is 0. The summed E-state index contributed by atoms with van der Waals surface area (Å²) in [6, 6.07) is 7.86. The number of hydrogen-bond donors (Lipinski definition) is 0. The van der Waals surface area contributed by atoms with Crippen LogP contribution in [0.1, 0.15) is 19.4 Å². The Labute approximate surface area is 105 Å². The summed E-state index contributed by atoms with van der Waals surface area (Å²) in [4.78, 5) is 13.5. The molecule has 0 spiro atoms. The third-order valence-electron chi connectivity index (χ3n) is 2.34. The molecule has 0 aromatic heterocycles. The molecule has 0 radical (unpaired) electrons. The normalized spacial score (nSPS) is 10.7. The van der Waals surface area contributed by atoms with Crippen molar-refractivity contribution in [1.82, 2.24) is 4.90 Å². The molecule has 1 amide bonds. The van der Waals surface area contributed by atoms with Gasteiger partial charge in [-0.05, 0) is 37.6 Å². The van der Waals surface area contributed by atoms with Gasteiger partial charge in [-0.1, -0.05) is 28.1 Å². The molecular formula is C13H16BrNO. The average Bonchev–Trinajstić information content (AvgIpc) is 2.28. The number of halogens is 1. The monoisotopic (exact) mass is 281 g/mol. The highest BCUT2D eigenvalue weighted by molar-refractivity contribution is 9.10. The van der Waals surface area contributed by atoms with Gasteiger partial charge in [0.2, 0.25) is 5.91 Å². The van der Waals surface area contributed by atoms with Crippen LogP contribution in [0.4, 0.5) is 0 Å². The quantitative estimate of drug-likeness (QED) is 0.776. The average molecular weight is 282 g/mol. The SMILES string of the molecule is CCN(CC)C(=O)/C=C/c1cccc(Br)c1. The molecule has 0 bridgehead atoms. The number of amides is 1. The standard InChI is InChI=1S/C13H16BrNO/c1-3-15(4-2)13(16)9-8-11-6-5-7-12(14)10-11/h5-10H,3-4H2,1-2H3/b9-8+. The van der Waals surface area contributed by atoms with Gasteiger partial charge in [-0.2, -0.15) is 0 Å². The first-order valence-corrected chi connectivity index (χ1v) is 6.19. The number of rotatable bonds is 4. The molecule has 1 aromatic carbocycles. The van der Waals surface area contributed by atoms with Crippen LogP contribution >= 0.6 is 15.9 Å². The van der Waals surface area contributed by atoms with Crippen LogP contribution in [0.5, 0.6) is 0 Å². The predicted molar refractivity (Wildman–Crippen MR) is 71.1 cm³/mol. The molecule has 1 rings (SSSR count). The Hall–Kier alpha value is -1.09. The van der Waals surface area contributed by atoms with Gasteiger partial charge < -0.3 is 4.90 Å². The molecular weight excluding hydrogens is 266 g/mol. The molecule has 0 aliphatic heterocycles. The van der Waals surface area contributed by atoms with E-state index in [1.54, 1.807) is 11.0 Å². The summed E-state index contributed by atoms with van der Waals surface area (Å²) in [5.41, 5.74) is 1.02. The van der Waals surface area contributed by atoms with Crippen LogP contribution in [0, 0.1) is 0 Å². The Kier molecular flexibility index (Phi) is 5.26. The van der Waals surface area contributed by atoms with Gasteiger partial charge in [0, 0.05) is 23.6 Å². The van der Waals surface area contributed by atoms with E-state index in [4.69, 9.17) is 0 Å². The summed E-state index contributed by atoms with van der Waals surface area (Å²) in [5.74, 6) is 0.0602. The Morgan fingerprint density at radius 2 is 2.06 bits per heavy atom. The van der Waals surface area contributed by atoms with E-state index in [1.807, 2.05) is 44.2 Å². The lowest BCUT2D eigenvalue weighted by atomic mass is 10.2. The van der Waals surface area contributed by atoms with E-state index >= 15 is 0 Å². The molecule has 0 atom stereocenters. The summed E-state index contributed by atoms with van der Waals surface area (Å²) in [6.07, 6.45) is 3.46. The van der Waals surface area contributed by atoms with Gasteiger partial charge in [0.25, 0.3) is 0 Å². The molecule has 2 nitrogen and oxygen atoms in total. The Balaban J connectivity index is 2.70. The first kappa shape index (κ1) is 13.0. The van der Waals surface area contributed by atoms with Crippen LogP contribution in [0.25, 0.3) is 6.08 Å². The zero-order chi connectivity index (χ0) is 12.0. The van der Waals surface area contributed by atoms with Crippen molar-refractivity contribution in [3.63, 3.8) is 0 Å².